The number of nitrogens with one attached hydrogen (secondary N) is 2. The lowest BCUT2D eigenvalue weighted by Crippen LogP contribution is -3.07. The highest BCUT2D eigenvalue weighted by Crippen LogP contribution is 2.13. The van der Waals surface area contributed by atoms with E-state index in [1.807, 2.05) is 35.0 Å². The van der Waals surface area contributed by atoms with Crippen LogP contribution in [0.25, 0.3) is 11.4 Å². The van der Waals surface area contributed by atoms with Crippen molar-refractivity contribution >= 4 is 12.2 Å². The Morgan fingerprint density at radius 2 is 1.88 bits per heavy atom. The van der Waals surface area contributed by atoms with E-state index in [2.05, 4.69) is 49.2 Å². The van der Waals surface area contributed by atoms with Crippen LogP contribution in [-0.2, 0) is 13.2 Å². The molecule has 0 aliphatic rings. The van der Waals surface area contributed by atoms with Crippen LogP contribution < -0.4 is 4.90 Å². The smallest absolute Gasteiger partial charge is 0.221 e. The molecule has 1 atom stereocenters. The van der Waals surface area contributed by atoms with Crippen LogP contribution in [0.15, 0.2) is 48.5 Å². The van der Waals surface area contributed by atoms with Crippen molar-refractivity contribution in [3.05, 3.63) is 70.0 Å². The molecule has 0 saturated carbocycles. The van der Waals surface area contributed by atoms with Gasteiger partial charge in [0.15, 0.2) is 12.5 Å². The SMILES string of the molecule is Cc1ccc(C[NH+](C)Cn2[nH]c(-c3ccccc3)nc2=S)c(C)c1. The second kappa shape index (κ2) is 7.11. The maximum Gasteiger partial charge on any atom is 0.221 e. The normalized spacial score (nSPS) is 12.3. The maximum absolute atomic E-state index is 5.41. The Balaban J connectivity index is 1.74. The molecule has 1 aromatic heterocycles. The highest BCUT2D eigenvalue weighted by molar-refractivity contribution is 7.71. The molecule has 2 aromatic carbocycles. The summed E-state index contributed by atoms with van der Waals surface area (Å²) in [5, 5.41) is 3.32. The standard InChI is InChI=1S/C19H22N4S/c1-14-9-10-17(15(2)11-14)12-22(3)13-23-19(24)20-18(21-23)16-7-5-4-6-8-16/h4-11H,12-13H2,1-3H3,(H,20,21,24)/p+1. The van der Waals surface area contributed by atoms with Crippen LogP contribution in [0.1, 0.15) is 16.7 Å². The fourth-order valence-corrected chi connectivity index (χ4v) is 3.09. The van der Waals surface area contributed by atoms with E-state index < -0.39 is 0 Å². The number of H-pyrrole nitrogens is 1. The maximum atomic E-state index is 5.41. The number of aromatic amines is 1. The lowest BCUT2D eigenvalue weighted by molar-refractivity contribution is -0.917. The second-order valence-corrected chi connectivity index (χ2v) is 6.74. The zero-order valence-corrected chi connectivity index (χ0v) is 15.2. The number of hydrogen-bond donors (Lipinski definition) is 2. The molecule has 3 rings (SSSR count). The molecule has 1 unspecified atom stereocenters. The second-order valence-electron chi connectivity index (χ2n) is 6.37. The van der Waals surface area contributed by atoms with E-state index in [1.165, 1.54) is 21.6 Å². The first-order valence-electron chi connectivity index (χ1n) is 8.12. The summed E-state index contributed by atoms with van der Waals surface area (Å²) in [6.45, 7) is 6.01. The average Bonchev–Trinajstić information content (AvgIpc) is 2.92. The average molecular weight is 339 g/mol. The van der Waals surface area contributed by atoms with Crippen molar-refractivity contribution in [1.82, 2.24) is 14.8 Å². The van der Waals surface area contributed by atoms with Crippen molar-refractivity contribution in [3.63, 3.8) is 0 Å². The van der Waals surface area contributed by atoms with Gasteiger partial charge in [0.2, 0.25) is 4.77 Å². The molecule has 0 aliphatic heterocycles. The minimum atomic E-state index is 0.592. The van der Waals surface area contributed by atoms with Gasteiger partial charge in [-0.05, 0) is 31.6 Å². The number of quaternary nitrogens is 1. The summed E-state index contributed by atoms with van der Waals surface area (Å²) in [7, 11) is 2.17. The van der Waals surface area contributed by atoms with Gasteiger partial charge < -0.3 is 4.90 Å². The van der Waals surface area contributed by atoms with E-state index in [1.54, 1.807) is 0 Å². The minimum Gasteiger partial charge on any atom is -0.315 e. The van der Waals surface area contributed by atoms with Gasteiger partial charge in [-0.2, -0.15) is 4.98 Å². The van der Waals surface area contributed by atoms with Gasteiger partial charge in [-0.25, -0.2) is 4.68 Å². The van der Waals surface area contributed by atoms with Crippen LogP contribution in [0.5, 0.6) is 0 Å². The van der Waals surface area contributed by atoms with Crippen molar-refractivity contribution in [2.24, 2.45) is 0 Å². The molecule has 0 saturated heterocycles. The first-order valence-corrected chi connectivity index (χ1v) is 8.53. The van der Waals surface area contributed by atoms with Crippen molar-refractivity contribution in [1.29, 1.82) is 0 Å². The summed E-state index contributed by atoms with van der Waals surface area (Å²) in [6.07, 6.45) is 0. The van der Waals surface area contributed by atoms with E-state index in [0.717, 1.165) is 24.6 Å². The Kier molecular flexibility index (Phi) is 4.92. The number of aryl methyl sites for hydroxylation is 2. The highest BCUT2D eigenvalue weighted by Gasteiger charge is 2.10. The fourth-order valence-electron chi connectivity index (χ4n) is 2.88. The molecular formula is C19H23N4S+. The van der Waals surface area contributed by atoms with E-state index in [9.17, 15) is 0 Å². The zero-order chi connectivity index (χ0) is 17.1. The lowest BCUT2D eigenvalue weighted by atomic mass is 10.1. The molecule has 0 radical (unpaired) electrons. The molecule has 5 heteroatoms. The van der Waals surface area contributed by atoms with Crippen LogP contribution >= 0.6 is 12.2 Å². The summed E-state index contributed by atoms with van der Waals surface area (Å²) >= 11 is 5.41. The topological polar surface area (TPSA) is 38.0 Å². The summed E-state index contributed by atoms with van der Waals surface area (Å²) in [5.41, 5.74) is 5.06. The third kappa shape index (κ3) is 3.80. The van der Waals surface area contributed by atoms with E-state index in [-0.39, 0.29) is 0 Å². The van der Waals surface area contributed by atoms with Gasteiger partial charge in [0, 0.05) is 11.1 Å². The van der Waals surface area contributed by atoms with Crippen molar-refractivity contribution in [2.45, 2.75) is 27.1 Å². The van der Waals surface area contributed by atoms with Crippen LogP contribution in [0.3, 0.4) is 0 Å². The van der Waals surface area contributed by atoms with Crippen LogP contribution in [0, 0.1) is 18.6 Å². The molecule has 4 nitrogen and oxygen atoms in total. The summed E-state index contributed by atoms with van der Waals surface area (Å²) < 4.78 is 2.53. The first kappa shape index (κ1) is 16.6. The molecule has 124 valence electrons. The molecule has 24 heavy (non-hydrogen) atoms. The lowest BCUT2D eigenvalue weighted by Gasteiger charge is -2.16. The van der Waals surface area contributed by atoms with E-state index >= 15 is 0 Å². The monoisotopic (exact) mass is 339 g/mol. The van der Waals surface area contributed by atoms with Crippen molar-refractivity contribution in [2.75, 3.05) is 7.05 Å². The molecule has 1 heterocycles. The Morgan fingerprint density at radius 1 is 1.12 bits per heavy atom. The quantitative estimate of drug-likeness (QED) is 0.702. The van der Waals surface area contributed by atoms with Crippen LogP contribution in [0.2, 0.25) is 0 Å². The van der Waals surface area contributed by atoms with Gasteiger partial charge in [-0.1, -0.05) is 54.1 Å². The third-order valence-corrected chi connectivity index (χ3v) is 4.46. The first-order chi connectivity index (χ1) is 11.5. The Hall–Kier alpha value is -2.24. The predicted molar refractivity (Wildman–Crippen MR) is 99.4 cm³/mol. The van der Waals surface area contributed by atoms with E-state index in [0.29, 0.717) is 4.77 Å². The molecule has 0 spiro atoms. The van der Waals surface area contributed by atoms with Gasteiger partial charge in [-0.3, -0.25) is 5.10 Å². The summed E-state index contributed by atoms with van der Waals surface area (Å²) in [6, 6.07) is 16.7. The number of aromatic nitrogens is 3. The van der Waals surface area contributed by atoms with Crippen molar-refractivity contribution < 1.29 is 4.90 Å². The van der Waals surface area contributed by atoms with Crippen LogP contribution in [-0.4, -0.2) is 21.8 Å². The van der Waals surface area contributed by atoms with Gasteiger partial charge >= 0.3 is 0 Å². The molecular weight excluding hydrogens is 316 g/mol. The fraction of sp³-hybridized carbons (Fsp3) is 0.263. The number of benzene rings is 2. The summed E-state index contributed by atoms with van der Waals surface area (Å²) in [4.78, 5) is 5.83. The van der Waals surface area contributed by atoms with Gasteiger partial charge in [0.05, 0.1) is 7.05 Å². The molecule has 0 fully saturated rings. The number of hydrogen-bond acceptors (Lipinski definition) is 2. The van der Waals surface area contributed by atoms with Gasteiger partial charge in [0.1, 0.15) is 6.54 Å². The highest BCUT2D eigenvalue weighted by atomic mass is 32.1. The Labute approximate surface area is 147 Å². The van der Waals surface area contributed by atoms with Gasteiger partial charge in [0.25, 0.3) is 0 Å². The van der Waals surface area contributed by atoms with E-state index in [4.69, 9.17) is 12.2 Å². The largest absolute Gasteiger partial charge is 0.315 e. The van der Waals surface area contributed by atoms with Crippen molar-refractivity contribution in [3.8, 4) is 11.4 Å². The van der Waals surface area contributed by atoms with Gasteiger partial charge in [-0.15, -0.1) is 0 Å². The molecule has 0 amide bonds. The molecule has 3 aromatic rings. The Morgan fingerprint density at radius 3 is 2.58 bits per heavy atom. The molecule has 2 N–H and O–H groups in total. The molecule has 0 aliphatic carbocycles. The zero-order valence-electron chi connectivity index (χ0n) is 14.3. The Bertz CT molecular complexity index is 880. The number of nitrogens with zero attached hydrogens (tertiary/aromatic N) is 2. The minimum absolute atomic E-state index is 0.592. The molecule has 0 bridgehead atoms. The third-order valence-electron chi connectivity index (χ3n) is 4.14. The van der Waals surface area contributed by atoms with Crippen LogP contribution in [0.4, 0.5) is 0 Å². The summed E-state index contributed by atoms with van der Waals surface area (Å²) in [5.74, 6) is 0.819. The number of rotatable bonds is 5. The predicted octanol–water partition coefficient (Wildman–Crippen LogP) is 2.90.